The predicted octanol–water partition coefficient (Wildman–Crippen LogP) is 2.34. The largest absolute Gasteiger partial charge is 0.368 e. The van der Waals surface area contributed by atoms with Crippen molar-refractivity contribution in [3.05, 3.63) is 48.2 Å². The Morgan fingerprint density at radius 2 is 2.21 bits per heavy atom. The summed E-state index contributed by atoms with van der Waals surface area (Å²) in [5.74, 6) is 0.490. The summed E-state index contributed by atoms with van der Waals surface area (Å²) < 4.78 is 16.0. The van der Waals surface area contributed by atoms with Crippen LogP contribution in [0.1, 0.15) is 24.3 Å². The quantitative estimate of drug-likeness (QED) is 0.390. The molecular formula is C16H15FN6O. The molecule has 8 heteroatoms. The maximum atomic E-state index is 14.2. The molecule has 24 heavy (non-hydrogen) atoms. The van der Waals surface area contributed by atoms with Gasteiger partial charge in [-0.05, 0) is 42.5 Å². The number of hydrogen-bond acceptors (Lipinski definition) is 4. The fraction of sp³-hybridized carbons (Fsp3) is 0.188. The SMILES string of the molecule is NC(=Nc1ccc(F)c(-c2cn3cc(C4CC4)cnc3n2)c1)NO. The van der Waals surface area contributed by atoms with Crippen molar-refractivity contribution in [1.29, 1.82) is 0 Å². The molecule has 0 atom stereocenters. The van der Waals surface area contributed by atoms with Crippen molar-refractivity contribution < 1.29 is 9.60 Å². The number of nitrogens with zero attached hydrogens (tertiary/aromatic N) is 4. The molecule has 0 unspecified atom stereocenters. The number of halogens is 1. The lowest BCUT2D eigenvalue weighted by Crippen LogP contribution is -2.27. The van der Waals surface area contributed by atoms with E-state index in [-0.39, 0.29) is 5.96 Å². The summed E-state index contributed by atoms with van der Waals surface area (Å²) in [5.41, 5.74) is 9.47. The van der Waals surface area contributed by atoms with Gasteiger partial charge in [0, 0.05) is 24.2 Å². The maximum absolute atomic E-state index is 14.2. The van der Waals surface area contributed by atoms with Crippen molar-refractivity contribution in [2.24, 2.45) is 10.7 Å². The van der Waals surface area contributed by atoms with Gasteiger partial charge in [-0.15, -0.1) is 0 Å². The molecule has 122 valence electrons. The summed E-state index contributed by atoms with van der Waals surface area (Å²) in [5, 5.41) is 8.70. The van der Waals surface area contributed by atoms with Crippen LogP contribution in [-0.2, 0) is 0 Å². The lowest BCUT2D eigenvalue weighted by molar-refractivity contribution is 0.233. The zero-order chi connectivity index (χ0) is 16.7. The van der Waals surface area contributed by atoms with E-state index in [4.69, 9.17) is 10.9 Å². The van der Waals surface area contributed by atoms with Crippen LogP contribution in [0.2, 0.25) is 0 Å². The normalized spacial score (nSPS) is 15.0. The first-order chi connectivity index (χ1) is 11.6. The summed E-state index contributed by atoms with van der Waals surface area (Å²) in [4.78, 5) is 12.6. The van der Waals surface area contributed by atoms with Crippen molar-refractivity contribution in [2.75, 3.05) is 0 Å². The van der Waals surface area contributed by atoms with Crippen molar-refractivity contribution in [1.82, 2.24) is 19.8 Å². The third-order valence-electron chi connectivity index (χ3n) is 3.97. The van der Waals surface area contributed by atoms with E-state index in [2.05, 4.69) is 15.0 Å². The van der Waals surface area contributed by atoms with Crippen molar-refractivity contribution in [3.63, 3.8) is 0 Å². The molecule has 1 aliphatic carbocycles. The Hall–Kier alpha value is -3.00. The molecule has 2 heterocycles. The van der Waals surface area contributed by atoms with E-state index in [0.29, 0.717) is 28.6 Å². The summed E-state index contributed by atoms with van der Waals surface area (Å²) in [7, 11) is 0. The summed E-state index contributed by atoms with van der Waals surface area (Å²) in [6.07, 6.45) is 7.93. The van der Waals surface area contributed by atoms with Crippen LogP contribution in [0.3, 0.4) is 0 Å². The Morgan fingerprint density at radius 3 is 2.96 bits per heavy atom. The minimum Gasteiger partial charge on any atom is -0.368 e. The molecule has 2 aromatic heterocycles. The molecule has 0 saturated heterocycles. The zero-order valence-corrected chi connectivity index (χ0v) is 12.6. The molecule has 1 fully saturated rings. The maximum Gasteiger partial charge on any atom is 0.234 e. The first-order valence-electron chi connectivity index (χ1n) is 7.53. The number of aliphatic imine (C=N–C) groups is 1. The van der Waals surface area contributed by atoms with Crippen molar-refractivity contribution >= 4 is 17.4 Å². The Balaban J connectivity index is 1.77. The zero-order valence-electron chi connectivity index (χ0n) is 12.6. The van der Waals surface area contributed by atoms with Gasteiger partial charge in [-0.3, -0.25) is 9.61 Å². The third-order valence-corrected chi connectivity index (χ3v) is 3.97. The molecule has 0 amide bonds. The van der Waals surface area contributed by atoms with E-state index in [9.17, 15) is 4.39 Å². The molecular weight excluding hydrogens is 311 g/mol. The van der Waals surface area contributed by atoms with E-state index in [1.54, 1.807) is 11.7 Å². The number of guanidine groups is 1. The second-order valence-electron chi connectivity index (χ2n) is 5.77. The van der Waals surface area contributed by atoms with Crippen LogP contribution in [0.4, 0.5) is 10.1 Å². The number of benzene rings is 1. The van der Waals surface area contributed by atoms with Gasteiger partial charge in [0.25, 0.3) is 0 Å². The number of nitrogens with two attached hydrogens (primary N) is 1. The molecule has 0 aliphatic heterocycles. The average molecular weight is 326 g/mol. The van der Waals surface area contributed by atoms with Crippen molar-refractivity contribution in [3.8, 4) is 11.3 Å². The number of nitrogens with one attached hydrogen (secondary N) is 1. The van der Waals surface area contributed by atoms with E-state index in [0.717, 1.165) is 0 Å². The van der Waals surface area contributed by atoms with Gasteiger partial charge >= 0.3 is 0 Å². The Bertz CT molecular complexity index is 947. The van der Waals surface area contributed by atoms with Gasteiger partial charge in [-0.1, -0.05) is 0 Å². The molecule has 1 saturated carbocycles. The number of aromatic nitrogens is 3. The third kappa shape index (κ3) is 2.67. The number of fused-ring (bicyclic) bond motifs is 1. The predicted molar refractivity (Wildman–Crippen MR) is 86.6 cm³/mol. The van der Waals surface area contributed by atoms with Gasteiger partial charge in [0.05, 0.1) is 11.4 Å². The molecule has 0 radical (unpaired) electrons. The van der Waals surface area contributed by atoms with E-state index >= 15 is 0 Å². The highest BCUT2D eigenvalue weighted by Crippen LogP contribution is 2.39. The smallest absolute Gasteiger partial charge is 0.234 e. The van der Waals surface area contributed by atoms with Crippen LogP contribution in [0, 0.1) is 5.82 Å². The lowest BCUT2D eigenvalue weighted by atomic mass is 10.1. The van der Waals surface area contributed by atoms with Crippen LogP contribution in [-0.4, -0.2) is 25.5 Å². The Kier molecular flexibility index (Phi) is 3.39. The lowest BCUT2D eigenvalue weighted by Gasteiger charge is -2.02. The first kappa shape index (κ1) is 14.6. The minimum atomic E-state index is -0.421. The molecule has 0 spiro atoms. The molecule has 1 aliphatic rings. The van der Waals surface area contributed by atoms with Crippen LogP contribution in [0.5, 0.6) is 0 Å². The summed E-state index contributed by atoms with van der Waals surface area (Å²) in [6, 6.07) is 4.26. The van der Waals surface area contributed by atoms with Crippen LogP contribution in [0.15, 0.2) is 41.8 Å². The van der Waals surface area contributed by atoms with E-state index in [1.165, 1.54) is 36.6 Å². The molecule has 4 N–H and O–H groups in total. The molecule has 3 aromatic rings. The fourth-order valence-electron chi connectivity index (χ4n) is 2.60. The number of rotatable bonds is 3. The number of hydroxylamine groups is 1. The first-order valence-corrected chi connectivity index (χ1v) is 7.53. The van der Waals surface area contributed by atoms with Gasteiger partial charge in [-0.25, -0.2) is 24.8 Å². The summed E-state index contributed by atoms with van der Waals surface area (Å²) >= 11 is 0. The van der Waals surface area contributed by atoms with Gasteiger partial charge in [0.2, 0.25) is 11.7 Å². The van der Waals surface area contributed by atoms with E-state index < -0.39 is 5.82 Å². The highest BCUT2D eigenvalue weighted by Gasteiger charge is 2.24. The van der Waals surface area contributed by atoms with E-state index in [1.807, 2.05) is 16.8 Å². The Morgan fingerprint density at radius 1 is 1.38 bits per heavy atom. The second kappa shape index (κ2) is 5.57. The highest BCUT2D eigenvalue weighted by molar-refractivity contribution is 5.80. The Labute approximate surface area is 136 Å². The van der Waals surface area contributed by atoms with Crippen LogP contribution < -0.4 is 11.2 Å². The fourth-order valence-corrected chi connectivity index (χ4v) is 2.60. The van der Waals surface area contributed by atoms with Gasteiger partial charge < -0.3 is 5.73 Å². The monoisotopic (exact) mass is 326 g/mol. The molecule has 0 bridgehead atoms. The minimum absolute atomic E-state index is 0.182. The number of imidazole rings is 1. The van der Waals surface area contributed by atoms with Crippen LogP contribution >= 0.6 is 0 Å². The highest BCUT2D eigenvalue weighted by atomic mass is 19.1. The molecule has 7 nitrogen and oxygen atoms in total. The van der Waals surface area contributed by atoms with Crippen LogP contribution in [0.25, 0.3) is 17.0 Å². The summed E-state index contributed by atoms with van der Waals surface area (Å²) in [6.45, 7) is 0. The van der Waals surface area contributed by atoms with Crippen molar-refractivity contribution in [2.45, 2.75) is 18.8 Å². The average Bonchev–Trinajstić information content (AvgIpc) is 3.35. The topological polar surface area (TPSA) is 101 Å². The van der Waals surface area contributed by atoms with Gasteiger partial charge in [0.1, 0.15) is 5.82 Å². The number of hydrogen-bond donors (Lipinski definition) is 3. The molecule has 4 rings (SSSR count). The van der Waals surface area contributed by atoms with Gasteiger partial charge in [0.15, 0.2) is 0 Å². The second-order valence-corrected chi connectivity index (χ2v) is 5.77. The molecule has 1 aromatic carbocycles. The van der Waals surface area contributed by atoms with Gasteiger partial charge in [-0.2, -0.15) is 0 Å². The standard InChI is InChI=1S/C16H15FN6O/c17-13-4-3-11(20-15(18)22-24)5-12(13)14-8-23-7-10(9-1-2-9)6-19-16(23)21-14/h3-9,24H,1-2H2,(H3,18,20,22).